The Kier molecular flexibility index (Phi) is 6.27. The number of rotatable bonds is 8. The van der Waals surface area contributed by atoms with Crippen molar-refractivity contribution in [2.75, 3.05) is 12.4 Å². The number of aromatic nitrogens is 3. The maximum absolute atomic E-state index is 11.9. The summed E-state index contributed by atoms with van der Waals surface area (Å²) in [5.41, 5.74) is 0.738. The number of nitrogens with one attached hydrogen (secondary N) is 1. The topological polar surface area (TPSA) is 90.1 Å². The Morgan fingerprint density at radius 2 is 2.24 bits per heavy atom. The average molecular weight is 362 g/mol. The van der Waals surface area contributed by atoms with Crippen molar-refractivity contribution in [2.24, 2.45) is 0 Å². The van der Waals surface area contributed by atoms with E-state index in [9.17, 15) is 4.79 Å². The van der Waals surface area contributed by atoms with E-state index >= 15 is 0 Å². The van der Waals surface area contributed by atoms with Gasteiger partial charge < -0.3 is 14.6 Å². The molecular weight excluding hydrogens is 340 g/mol. The molecule has 1 amide bonds. The summed E-state index contributed by atoms with van der Waals surface area (Å²) >= 11 is 1.74. The van der Waals surface area contributed by atoms with Gasteiger partial charge >= 0.3 is 0 Å². The fraction of sp³-hybridized carbons (Fsp3) is 0.529. The van der Waals surface area contributed by atoms with Gasteiger partial charge in [-0.1, -0.05) is 18.0 Å². The highest BCUT2D eigenvalue weighted by Crippen LogP contribution is 2.29. The van der Waals surface area contributed by atoms with E-state index in [-0.39, 0.29) is 12.5 Å². The van der Waals surface area contributed by atoms with E-state index in [0.29, 0.717) is 35.2 Å². The van der Waals surface area contributed by atoms with Crippen molar-refractivity contribution in [2.45, 2.75) is 44.4 Å². The Balaban J connectivity index is 1.46. The smallest absolute Gasteiger partial charge is 0.246 e. The van der Waals surface area contributed by atoms with Gasteiger partial charge in [-0.3, -0.25) is 4.79 Å². The van der Waals surface area contributed by atoms with Crippen molar-refractivity contribution >= 4 is 17.7 Å². The SMILES string of the molecule is CCOc1ccc(-c2noc(CNC(=O)CSC3CCCC3)n2)cn1. The van der Waals surface area contributed by atoms with E-state index in [4.69, 9.17) is 9.26 Å². The third-order valence-corrected chi connectivity index (χ3v) is 5.32. The molecule has 1 saturated carbocycles. The molecule has 0 aliphatic heterocycles. The fourth-order valence-electron chi connectivity index (χ4n) is 2.66. The highest BCUT2D eigenvalue weighted by atomic mass is 32.2. The zero-order valence-electron chi connectivity index (χ0n) is 14.2. The summed E-state index contributed by atoms with van der Waals surface area (Å²) in [5.74, 6) is 1.86. The van der Waals surface area contributed by atoms with Crippen LogP contribution in [0.2, 0.25) is 0 Å². The Morgan fingerprint density at radius 3 is 2.96 bits per heavy atom. The van der Waals surface area contributed by atoms with Crippen molar-refractivity contribution in [3.8, 4) is 17.3 Å². The largest absolute Gasteiger partial charge is 0.478 e. The lowest BCUT2D eigenvalue weighted by molar-refractivity contribution is -0.118. The summed E-state index contributed by atoms with van der Waals surface area (Å²) in [5, 5.41) is 7.38. The highest BCUT2D eigenvalue weighted by molar-refractivity contribution is 8.00. The Hall–Kier alpha value is -2.09. The number of carbonyl (C=O) groups excluding carboxylic acids is 1. The van der Waals surface area contributed by atoms with Crippen LogP contribution in [0.5, 0.6) is 5.88 Å². The van der Waals surface area contributed by atoms with Gasteiger partial charge in [-0.15, -0.1) is 11.8 Å². The van der Waals surface area contributed by atoms with Gasteiger partial charge in [0.05, 0.1) is 18.9 Å². The molecule has 1 aliphatic rings. The number of nitrogens with zero attached hydrogens (tertiary/aromatic N) is 3. The van der Waals surface area contributed by atoms with Crippen LogP contribution < -0.4 is 10.1 Å². The van der Waals surface area contributed by atoms with E-state index < -0.39 is 0 Å². The molecule has 1 aliphatic carbocycles. The standard InChI is InChI=1S/C17H22N4O3S/c1-2-23-15-8-7-12(9-19-15)17-20-16(24-21-17)10-18-14(22)11-25-13-5-3-4-6-13/h7-9,13H,2-6,10-11H2,1H3,(H,18,22). The Morgan fingerprint density at radius 1 is 1.40 bits per heavy atom. The van der Waals surface area contributed by atoms with Gasteiger partial charge in [-0.25, -0.2) is 4.98 Å². The van der Waals surface area contributed by atoms with Crippen LogP contribution in [0.1, 0.15) is 38.5 Å². The predicted octanol–water partition coefficient (Wildman–Crippen LogP) is 2.82. The van der Waals surface area contributed by atoms with Crippen LogP contribution >= 0.6 is 11.8 Å². The molecule has 0 atom stereocenters. The number of thioether (sulfide) groups is 1. The van der Waals surface area contributed by atoms with Gasteiger partial charge in [0.15, 0.2) is 0 Å². The van der Waals surface area contributed by atoms with Crippen LogP contribution in [-0.4, -0.2) is 38.6 Å². The van der Waals surface area contributed by atoms with E-state index in [2.05, 4.69) is 20.4 Å². The maximum Gasteiger partial charge on any atom is 0.246 e. The van der Waals surface area contributed by atoms with Gasteiger partial charge in [0.1, 0.15) is 0 Å². The summed E-state index contributed by atoms with van der Waals surface area (Å²) < 4.78 is 10.5. The second-order valence-electron chi connectivity index (χ2n) is 5.82. The lowest BCUT2D eigenvalue weighted by Crippen LogP contribution is -2.25. The van der Waals surface area contributed by atoms with Crippen molar-refractivity contribution in [3.05, 3.63) is 24.2 Å². The highest BCUT2D eigenvalue weighted by Gasteiger charge is 2.17. The number of pyridine rings is 1. The van der Waals surface area contributed by atoms with Crippen molar-refractivity contribution in [1.29, 1.82) is 0 Å². The second-order valence-corrected chi connectivity index (χ2v) is 7.11. The van der Waals surface area contributed by atoms with Crippen LogP contribution in [0.3, 0.4) is 0 Å². The minimum atomic E-state index is -0.000570. The molecule has 1 fully saturated rings. The van der Waals surface area contributed by atoms with Crippen molar-refractivity contribution in [3.63, 3.8) is 0 Å². The summed E-state index contributed by atoms with van der Waals surface area (Å²) in [4.78, 5) is 20.4. The van der Waals surface area contributed by atoms with E-state index in [1.807, 2.05) is 13.0 Å². The van der Waals surface area contributed by atoms with Crippen molar-refractivity contribution in [1.82, 2.24) is 20.4 Å². The summed E-state index contributed by atoms with van der Waals surface area (Å²) in [6, 6.07) is 3.58. The van der Waals surface area contributed by atoms with Crippen molar-refractivity contribution < 1.29 is 14.1 Å². The number of carbonyl (C=O) groups is 1. The summed E-state index contributed by atoms with van der Waals surface area (Å²) in [6.07, 6.45) is 6.65. The Bertz CT molecular complexity index is 683. The molecule has 1 N–H and O–H groups in total. The first-order valence-electron chi connectivity index (χ1n) is 8.54. The van der Waals surface area contributed by atoms with Gasteiger partial charge in [0, 0.05) is 23.1 Å². The third kappa shape index (κ3) is 5.19. The lowest BCUT2D eigenvalue weighted by Gasteiger charge is -2.07. The molecular formula is C17H22N4O3S. The number of hydrogen-bond donors (Lipinski definition) is 1. The van der Waals surface area contributed by atoms with Gasteiger partial charge in [0.25, 0.3) is 0 Å². The molecule has 0 unspecified atom stereocenters. The van der Waals surface area contributed by atoms with E-state index in [1.54, 1.807) is 24.0 Å². The molecule has 3 rings (SSSR count). The molecule has 0 saturated heterocycles. The van der Waals surface area contributed by atoms with Crippen LogP contribution in [0.4, 0.5) is 0 Å². The van der Waals surface area contributed by atoms with Crippen LogP contribution in [-0.2, 0) is 11.3 Å². The van der Waals surface area contributed by atoms with Gasteiger partial charge in [-0.2, -0.15) is 4.98 Å². The molecule has 0 aromatic carbocycles. The molecule has 8 heteroatoms. The first kappa shape index (κ1) is 17.7. The Labute approximate surface area is 150 Å². The first-order valence-corrected chi connectivity index (χ1v) is 9.59. The normalized spacial score (nSPS) is 14.6. The minimum Gasteiger partial charge on any atom is -0.478 e. The molecule has 7 nitrogen and oxygen atoms in total. The van der Waals surface area contributed by atoms with Gasteiger partial charge in [0.2, 0.25) is 23.5 Å². The van der Waals surface area contributed by atoms with Crippen LogP contribution in [0, 0.1) is 0 Å². The maximum atomic E-state index is 11.9. The van der Waals surface area contributed by atoms with Crippen LogP contribution in [0.25, 0.3) is 11.4 Å². The first-order chi connectivity index (χ1) is 12.2. The quantitative estimate of drug-likeness (QED) is 0.772. The predicted molar refractivity (Wildman–Crippen MR) is 95.3 cm³/mol. The molecule has 0 spiro atoms. The second kappa shape index (κ2) is 8.84. The molecule has 0 bridgehead atoms. The fourth-order valence-corrected chi connectivity index (χ4v) is 3.82. The molecule has 2 aromatic heterocycles. The van der Waals surface area contributed by atoms with Crippen LogP contribution in [0.15, 0.2) is 22.9 Å². The summed E-state index contributed by atoms with van der Waals surface area (Å²) in [6.45, 7) is 2.71. The van der Waals surface area contributed by atoms with Gasteiger partial charge in [-0.05, 0) is 25.8 Å². The summed E-state index contributed by atoms with van der Waals surface area (Å²) in [7, 11) is 0. The molecule has 25 heavy (non-hydrogen) atoms. The molecule has 2 heterocycles. The third-order valence-electron chi connectivity index (χ3n) is 3.94. The van der Waals surface area contributed by atoms with E-state index in [1.165, 1.54) is 25.7 Å². The number of amides is 1. The zero-order chi connectivity index (χ0) is 17.5. The minimum absolute atomic E-state index is 0.000570. The molecule has 2 aromatic rings. The molecule has 134 valence electrons. The number of ether oxygens (including phenoxy) is 1. The van der Waals surface area contributed by atoms with E-state index in [0.717, 1.165) is 5.56 Å². The molecule has 0 radical (unpaired) electrons. The zero-order valence-corrected chi connectivity index (χ0v) is 15.1. The monoisotopic (exact) mass is 362 g/mol. The average Bonchev–Trinajstić information content (AvgIpc) is 3.31. The number of hydrogen-bond acceptors (Lipinski definition) is 7. The lowest BCUT2D eigenvalue weighted by atomic mass is 10.3.